The Bertz CT molecular complexity index is 1210. The fourth-order valence-electron chi connectivity index (χ4n) is 4.72. The second-order valence-corrected chi connectivity index (χ2v) is 11.1. The lowest BCUT2D eigenvalue weighted by atomic mass is 9.87. The normalized spacial score (nSPS) is 17.4. The van der Waals surface area contributed by atoms with E-state index < -0.39 is 23.6 Å². The van der Waals surface area contributed by atoms with Crippen molar-refractivity contribution < 1.29 is 34.0 Å². The Balaban J connectivity index is 1.36. The molecule has 0 bridgehead atoms. The zero-order chi connectivity index (χ0) is 27.7. The van der Waals surface area contributed by atoms with Gasteiger partial charge < -0.3 is 34.6 Å². The van der Waals surface area contributed by atoms with Crippen molar-refractivity contribution in [1.82, 2.24) is 10.2 Å². The van der Waals surface area contributed by atoms with Crippen LogP contribution in [-0.4, -0.2) is 77.6 Å². The molecule has 1 fully saturated rings. The van der Waals surface area contributed by atoms with Gasteiger partial charge in [0, 0.05) is 57.0 Å². The third-order valence-corrected chi connectivity index (χ3v) is 7.45. The van der Waals surface area contributed by atoms with Gasteiger partial charge in [-0.1, -0.05) is 23.2 Å². The van der Waals surface area contributed by atoms with E-state index in [1.807, 2.05) is 18.2 Å². The smallest absolute Gasteiger partial charge is 0.347 e. The second-order valence-electron chi connectivity index (χ2n) is 10.3. The van der Waals surface area contributed by atoms with Gasteiger partial charge in [-0.05, 0) is 43.7 Å². The number of nitrogens with zero attached hydrogens (tertiary/aromatic N) is 1. The number of aliphatic hydroxyl groups excluding tert-OH is 1. The van der Waals surface area contributed by atoms with Gasteiger partial charge in [-0.25, -0.2) is 4.79 Å². The third-order valence-electron chi connectivity index (χ3n) is 6.92. The van der Waals surface area contributed by atoms with Crippen molar-refractivity contribution in [3.05, 3.63) is 51.5 Å². The largest absolute Gasteiger partial charge is 0.490 e. The molecule has 2 heterocycles. The summed E-state index contributed by atoms with van der Waals surface area (Å²) in [4.78, 5) is 26.0. The van der Waals surface area contributed by atoms with Crippen molar-refractivity contribution in [2.24, 2.45) is 0 Å². The molecule has 0 unspecified atom stereocenters. The van der Waals surface area contributed by atoms with Crippen LogP contribution in [0.15, 0.2) is 30.3 Å². The summed E-state index contributed by atoms with van der Waals surface area (Å²) in [5.74, 6) is -0.559. The number of piperidine rings is 1. The molecular formula is C27H32Cl2N2O7. The summed E-state index contributed by atoms with van der Waals surface area (Å²) < 4.78 is 17.7. The average molecular weight is 567 g/mol. The van der Waals surface area contributed by atoms with E-state index in [0.29, 0.717) is 11.6 Å². The first-order valence-electron chi connectivity index (χ1n) is 12.4. The number of ether oxygens (including phenoxy) is 3. The van der Waals surface area contributed by atoms with Crippen LogP contribution in [0.5, 0.6) is 17.2 Å². The van der Waals surface area contributed by atoms with Crippen molar-refractivity contribution >= 4 is 35.1 Å². The van der Waals surface area contributed by atoms with Gasteiger partial charge in [0.2, 0.25) is 0 Å². The SMILES string of the molecule is CNC(=O)c1cc(Cl)c(OC(C)(C)C(=O)O)cc1OC[C@H](O)CN1CCC2(CC1)Cc1cc(Cl)ccc1O2. The van der Waals surface area contributed by atoms with Crippen LogP contribution in [0.1, 0.15) is 42.6 Å². The Kier molecular flexibility index (Phi) is 8.32. The van der Waals surface area contributed by atoms with Gasteiger partial charge in [-0.3, -0.25) is 4.79 Å². The number of hydrogen-bond acceptors (Lipinski definition) is 7. The van der Waals surface area contributed by atoms with Gasteiger partial charge in [0.05, 0.1) is 10.6 Å². The number of aliphatic carboxylic acids is 1. The third kappa shape index (κ3) is 6.29. The first-order chi connectivity index (χ1) is 17.9. The lowest BCUT2D eigenvalue weighted by Gasteiger charge is -2.39. The van der Waals surface area contributed by atoms with Gasteiger partial charge in [-0.15, -0.1) is 0 Å². The maximum atomic E-state index is 12.4. The summed E-state index contributed by atoms with van der Waals surface area (Å²) in [5.41, 5.74) is -0.527. The molecule has 0 radical (unpaired) electrons. The zero-order valence-electron chi connectivity index (χ0n) is 21.6. The number of aliphatic hydroxyl groups is 1. The topological polar surface area (TPSA) is 118 Å². The summed E-state index contributed by atoms with van der Waals surface area (Å²) in [7, 11) is 1.47. The van der Waals surface area contributed by atoms with Crippen LogP contribution in [0.2, 0.25) is 10.0 Å². The quantitative estimate of drug-likeness (QED) is 0.419. The lowest BCUT2D eigenvalue weighted by Crippen LogP contribution is -2.49. The molecule has 9 nitrogen and oxygen atoms in total. The molecule has 2 aromatic rings. The van der Waals surface area contributed by atoms with Gasteiger partial charge in [-0.2, -0.15) is 0 Å². The number of amides is 1. The number of nitrogens with one attached hydrogen (secondary N) is 1. The predicted molar refractivity (Wildman–Crippen MR) is 143 cm³/mol. The summed E-state index contributed by atoms with van der Waals surface area (Å²) in [6.45, 7) is 4.57. The summed E-state index contributed by atoms with van der Waals surface area (Å²) in [6.07, 6.45) is 1.64. The van der Waals surface area contributed by atoms with Gasteiger partial charge >= 0.3 is 5.97 Å². The van der Waals surface area contributed by atoms with Gasteiger partial charge in [0.1, 0.15) is 35.6 Å². The number of hydrogen-bond donors (Lipinski definition) is 3. The number of carboxylic acids is 1. The fourth-order valence-corrected chi connectivity index (χ4v) is 5.12. The number of carbonyl (C=O) groups excluding carboxylic acids is 1. The molecule has 1 saturated heterocycles. The fraction of sp³-hybridized carbons (Fsp3) is 0.481. The molecule has 4 rings (SSSR count). The van der Waals surface area contributed by atoms with Crippen LogP contribution in [0, 0.1) is 0 Å². The molecule has 38 heavy (non-hydrogen) atoms. The summed E-state index contributed by atoms with van der Waals surface area (Å²) in [6, 6.07) is 8.44. The van der Waals surface area contributed by atoms with E-state index in [0.717, 1.165) is 43.7 Å². The zero-order valence-corrected chi connectivity index (χ0v) is 23.1. The van der Waals surface area contributed by atoms with Gasteiger partial charge in [0.25, 0.3) is 5.91 Å². The van der Waals surface area contributed by atoms with E-state index in [1.165, 1.54) is 33.0 Å². The number of β-amino-alcohol motifs (C(OH)–C–C–N with tert-alkyl or cyclic N) is 1. The molecule has 1 amide bonds. The number of halogens is 2. The molecule has 0 aliphatic carbocycles. The predicted octanol–water partition coefficient (Wildman–Crippen LogP) is 3.80. The Hall–Kier alpha value is -2.72. The van der Waals surface area contributed by atoms with Gasteiger partial charge in [0.15, 0.2) is 5.60 Å². The number of fused-ring (bicyclic) bond motifs is 1. The van der Waals surface area contributed by atoms with Crippen molar-refractivity contribution in [1.29, 1.82) is 0 Å². The maximum Gasteiger partial charge on any atom is 0.347 e. The Morgan fingerprint density at radius 1 is 1.18 bits per heavy atom. The highest BCUT2D eigenvalue weighted by Crippen LogP contribution is 2.42. The number of carbonyl (C=O) groups is 2. The average Bonchev–Trinajstić information content (AvgIpc) is 3.21. The molecule has 206 valence electrons. The monoisotopic (exact) mass is 566 g/mol. The minimum Gasteiger partial charge on any atom is -0.490 e. The standard InChI is InChI=1S/C27H32Cl2N2O7/c1-26(2,25(34)35)37-23-12-22(19(11-20(23)29)24(33)30-3)36-15-18(32)14-31-8-6-27(7-9-31)13-16-10-17(28)4-5-21(16)38-27/h4-5,10-12,18,32H,6-9,13-15H2,1-3H3,(H,30,33)(H,34,35)/t18-/m1/s1. The van der Waals surface area contributed by atoms with Crippen molar-refractivity contribution in [2.45, 2.75) is 50.4 Å². The molecular weight excluding hydrogens is 535 g/mol. The number of carboxylic acid groups (broad SMARTS) is 1. The molecule has 0 aromatic heterocycles. The van der Waals surface area contributed by atoms with Crippen LogP contribution < -0.4 is 19.5 Å². The lowest BCUT2D eigenvalue weighted by molar-refractivity contribution is -0.152. The van der Waals surface area contributed by atoms with Crippen molar-refractivity contribution in [2.75, 3.05) is 33.3 Å². The Labute approximate surface area is 231 Å². The molecule has 2 aromatic carbocycles. The highest BCUT2D eigenvalue weighted by atomic mass is 35.5. The first kappa shape index (κ1) is 28.3. The number of rotatable bonds is 9. The van der Waals surface area contributed by atoms with E-state index in [2.05, 4.69) is 10.2 Å². The van der Waals surface area contributed by atoms with Crippen molar-refractivity contribution in [3.8, 4) is 17.2 Å². The summed E-state index contributed by atoms with van der Waals surface area (Å²) >= 11 is 12.4. The molecule has 0 saturated carbocycles. The van der Waals surface area contributed by atoms with E-state index in [1.54, 1.807) is 0 Å². The van der Waals surface area contributed by atoms with E-state index in [-0.39, 0.29) is 34.3 Å². The number of likely N-dealkylation sites (tertiary alicyclic amines) is 1. The summed E-state index contributed by atoms with van der Waals surface area (Å²) in [5, 5.41) is 23.4. The molecule has 2 aliphatic rings. The van der Waals surface area contributed by atoms with Crippen molar-refractivity contribution in [3.63, 3.8) is 0 Å². The van der Waals surface area contributed by atoms with Crippen LogP contribution in [0.25, 0.3) is 0 Å². The molecule has 1 spiro atoms. The maximum absolute atomic E-state index is 12.4. The molecule has 2 aliphatic heterocycles. The Morgan fingerprint density at radius 3 is 2.55 bits per heavy atom. The highest BCUT2D eigenvalue weighted by molar-refractivity contribution is 6.32. The van der Waals surface area contributed by atoms with E-state index >= 15 is 0 Å². The minimum absolute atomic E-state index is 0.0522. The molecule has 3 N–H and O–H groups in total. The van der Waals surface area contributed by atoms with E-state index in [9.17, 15) is 19.8 Å². The van der Waals surface area contributed by atoms with Crippen LogP contribution in [0.3, 0.4) is 0 Å². The number of benzene rings is 2. The highest BCUT2D eigenvalue weighted by Gasteiger charge is 2.42. The second kappa shape index (κ2) is 11.2. The molecule has 1 atom stereocenters. The van der Waals surface area contributed by atoms with E-state index in [4.69, 9.17) is 37.4 Å². The van der Waals surface area contributed by atoms with Crippen LogP contribution in [0.4, 0.5) is 0 Å². The first-order valence-corrected chi connectivity index (χ1v) is 13.2. The van der Waals surface area contributed by atoms with Crippen LogP contribution in [-0.2, 0) is 11.2 Å². The molecule has 11 heteroatoms. The van der Waals surface area contributed by atoms with Crippen LogP contribution >= 0.6 is 23.2 Å². The minimum atomic E-state index is -1.56. The Morgan fingerprint density at radius 2 is 1.89 bits per heavy atom.